The van der Waals surface area contributed by atoms with Crippen LogP contribution in [0.1, 0.15) is 30.4 Å². The van der Waals surface area contributed by atoms with Gasteiger partial charge in [0.25, 0.3) is 0 Å². The van der Waals surface area contributed by atoms with Gasteiger partial charge in [0.1, 0.15) is 0 Å². The number of anilines is 1. The molecule has 2 aliphatic heterocycles. The van der Waals surface area contributed by atoms with Crippen molar-refractivity contribution in [2.75, 3.05) is 31.5 Å². The summed E-state index contributed by atoms with van der Waals surface area (Å²) >= 11 is 0. The molecule has 0 aliphatic carbocycles. The molecule has 6 heteroatoms. The SMILES string of the molecule is Cl.O=C1Cc2cc(CCCC(=O)N3CCCNCC3)ccc2N1. The first-order valence-corrected chi connectivity index (χ1v) is 8.12. The fourth-order valence-electron chi connectivity index (χ4n) is 3.14. The fraction of sp³-hybridized carbons (Fsp3) is 0.529. The van der Waals surface area contributed by atoms with Gasteiger partial charge in [-0.15, -0.1) is 12.4 Å². The van der Waals surface area contributed by atoms with Crippen LogP contribution in [0.3, 0.4) is 0 Å². The highest BCUT2D eigenvalue weighted by Crippen LogP contribution is 2.24. The summed E-state index contributed by atoms with van der Waals surface area (Å²) in [6.45, 7) is 3.60. The third-order valence-corrected chi connectivity index (χ3v) is 4.34. The van der Waals surface area contributed by atoms with Gasteiger partial charge in [0.15, 0.2) is 0 Å². The van der Waals surface area contributed by atoms with Gasteiger partial charge >= 0.3 is 0 Å². The minimum Gasteiger partial charge on any atom is -0.341 e. The van der Waals surface area contributed by atoms with Crippen LogP contribution in [0.15, 0.2) is 18.2 Å². The highest BCUT2D eigenvalue weighted by Gasteiger charge is 2.18. The van der Waals surface area contributed by atoms with E-state index in [4.69, 9.17) is 0 Å². The van der Waals surface area contributed by atoms with E-state index in [0.29, 0.717) is 12.8 Å². The normalized spacial score (nSPS) is 17.0. The summed E-state index contributed by atoms with van der Waals surface area (Å²) in [5.41, 5.74) is 3.22. The quantitative estimate of drug-likeness (QED) is 0.880. The van der Waals surface area contributed by atoms with Crippen LogP contribution in [0.5, 0.6) is 0 Å². The molecule has 2 heterocycles. The van der Waals surface area contributed by atoms with Gasteiger partial charge in [-0.3, -0.25) is 9.59 Å². The number of hydrogen-bond donors (Lipinski definition) is 2. The van der Waals surface area contributed by atoms with Crippen molar-refractivity contribution in [3.63, 3.8) is 0 Å². The molecular weight excluding hydrogens is 314 g/mol. The van der Waals surface area contributed by atoms with Gasteiger partial charge in [0, 0.05) is 31.7 Å². The minimum atomic E-state index is 0. The van der Waals surface area contributed by atoms with Crippen molar-refractivity contribution >= 4 is 29.9 Å². The average molecular weight is 338 g/mol. The number of nitrogens with one attached hydrogen (secondary N) is 2. The number of amides is 2. The van der Waals surface area contributed by atoms with Gasteiger partial charge in [-0.2, -0.15) is 0 Å². The van der Waals surface area contributed by atoms with E-state index in [9.17, 15) is 9.59 Å². The number of benzene rings is 1. The van der Waals surface area contributed by atoms with E-state index in [1.807, 2.05) is 17.0 Å². The Bertz CT molecular complexity index is 569. The Labute approximate surface area is 143 Å². The molecule has 2 aliphatic rings. The van der Waals surface area contributed by atoms with Gasteiger partial charge in [-0.1, -0.05) is 12.1 Å². The van der Waals surface area contributed by atoms with Crippen molar-refractivity contribution in [2.24, 2.45) is 0 Å². The monoisotopic (exact) mass is 337 g/mol. The van der Waals surface area contributed by atoms with Crippen molar-refractivity contribution in [3.05, 3.63) is 29.3 Å². The maximum atomic E-state index is 12.2. The highest BCUT2D eigenvalue weighted by atomic mass is 35.5. The summed E-state index contributed by atoms with van der Waals surface area (Å²) < 4.78 is 0. The molecule has 0 aromatic heterocycles. The zero-order valence-electron chi connectivity index (χ0n) is 13.3. The number of nitrogens with zero attached hydrogens (tertiary/aromatic N) is 1. The molecule has 5 nitrogen and oxygen atoms in total. The topological polar surface area (TPSA) is 61.4 Å². The lowest BCUT2D eigenvalue weighted by molar-refractivity contribution is -0.131. The zero-order chi connectivity index (χ0) is 15.4. The fourth-order valence-corrected chi connectivity index (χ4v) is 3.14. The molecule has 2 N–H and O–H groups in total. The predicted octanol–water partition coefficient (Wildman–Crippen LogP) is 1.75. The summed E-state index contributed by atoms with van der Waals surface area (Å²) in [6, 6.07) is 6.11. The highest BCUT2D eigenvalue weighted by molar-refractivity contribution is 5.99. The number of fused-ring (bicyclic) bond motifs is 1. The Kier molecular flexibility index (Phi) is 6.42. The maximum Gasteiger partial charge on any atom is 0.228 e. The van der Waals surface area contributed by atoms with Crippen LogP contribution in [0.25, 0.3) is 0 Å². The van der Waals surface area contributed by atoms with Crippen LogP contribution in [-0.2, 0) is 22.4 Å². The minimum absolute atomic E-state index is 0. The number of carbonyl (C=O) groups is 2. The average Bonchev–Trinajstić information content (AvgIpc) is 2.72. The standard InChI is InChI=1S/C17H23N3O2.ClH/c21-16-12-14-11-13(5-6-15(14)19-16)3-1-4-17(22)20-9-2-7-18-8-10-20;/h5-6,11,18H,1-4,7-10,12H2,(H,19,21);1H. The molecule has 0 radical (unpaired) electrons. The number of halogens is 1. The molecule has 0 unspecified atom stereocenters. The first kappa shape index (κ1) is 17.8. The van der Waals surface area contributed by atoms with E-state index in [-0.39, 0.29) is 24.2 Å². The second kappa shape index (κ2) is 8.31. The summed E-state index contributed by atoms with van der Waals surface area (Å²) in [7, 11) is 0. The summed E-state index contributed by atoms with van der Waals surface area (Å²) in [5, 5.41) is 6.16. The number of aryl methyl sites for hydroxylation is 1. The zero-order valence-corrected chi connectivity index (χ0v) is 14.1. The van der Waals surface area contributed by atoms with Crippen molar-refractivity contribution in [1.82, 2.24) is 10.2 Å². The summed E-state index contributed by atoms with van der Waals surface area (Å²) in [4.78, 5) is 25.5. The van der Waals surface area contributed by atoms with E-state index in [1.165, 1.54) is 5.56 Å². The molecule has 1 aromatic carbocycles. The van der Waals surface area contributed by atoms with Gasteiger partial charge in [-0.05, 0) is 43.0 Å². The lowest BCUT2D eigenvalue weighted by Crippen LogP contribution is -2.34. The van der Waals surface area contributed by atoms with E-state index in [0.717, 1.165) is 56.7 Å². The Morgan fingerprint density at radius 1 is 1.22 bits per heavy atom. The van der Waals surface area contributed by atoms with Crippen LogP contribution in [0.4, 0.5) is 5.69 Å². The lowest BCUT2D eigenvalue weighted by atomic mass is 10.0. The smallest absolute Gasteiger partial charge is 0.228 e. The first-order valence-electron chi connectivity index (χ1n) is 8.12. The van der Waals surface area contributed by atoms with E-state index in [1.54, 1.807) is 0 Å². The molecule has 1 aromatic rings. The molecule has 0 spiro atoms. The number of hydrogen-bond acceptors (Lipinski definition) is 3. The second-order valence-electron chi connectivity index (χ2n) is 6.05. The van der Waals surface area contributed by atoms with Crippen LogP contribution in [0.2, 0.25) is 0 Å². The van der Waals surface area contributed by atoms with Crippen molar-refractivity contribution in [2.45, 2.75) is 32.1 Å². The maximum absolute atomic E-state index is 12.2. The van der Waals surface area contributed by atoms with Crippen LogP contribution < -0.4 is 10.6 Å². The second-order valence-corrected chi connectivity index (χ2v) is 6.05. The predicted molar refractivity (Wildman–Crippen MR) is 93.0 cm³/mol. The molecule has 1 saturated heterocycles. The van der Waals surface area contributed by atoms with Crippen molar-refractivity contribution in [1.29, 1.82) is 0 Å². The third kappa shape index (κ3) is 4.69. The molecule has 0 saturated carbocycles. The summed E-state index contributed by atoms with van der Waals surface area (Å²) in [5.74, 6) is 0.332. The van der Waals surface area contributed by atoms with Crippen LogP contribution in [0, 0.1) is 0 Å². The molecule has 23 heavy (non-hydrogen) atoms. The molecule has 126 valence electrons. The van der Waals surface area contributed by atoms with E-state index >= 15 is 0 Å². The van der Waals surface area contributed by atoms with Crippen LogP contribution >= 0.6 is 12.4 Å². The molecule has 3 rings (SSSR count). The molecule has 0 atom stereocenters. The van der Waals surface area contributed by atoms with Gasteiger partial charge in [-0.25, -0.2) is 0 Å². The van der Waals surface area contributed by atoms with E-state index < -0.39 is 0 Å². The molecule has 2 amide bonds. The molecule has 0 bridgehead atoms. The van der Waals surface area contributed by atoms with Crippen molar-refractivity contribution in [3.8, 4) is 0 Å². The molecular formula is C17H24ClN3O2. The Balaban J connectivity index is 0.00000192. The summed E-state index contributed by atoms with van der Waals surface area (Å²) in [6.07, 6.45) is 3.87. The lowest BCUT2D eigenvalue weighted by Gasteiger charge is -2.19. The largest absolute Gasteiger partial charge is 0.341 e. The first-order chi connectivity index (χ1) is 10.7. The number of carbonyl (C=O) groups excluding carboxylic acids is 2. The van der Waals surface area contributed by atoms with Gasteiger partial charge in [0.05, 0.1) is 6.42 Å². The van der Waals surface area contributed by atoms with Crippen molar-refractivity contribution < 1.29 is 9.59 Å². The Morgan fingerprint density at radius 3 is 2.96 bits per heavy atom. The third-order valence-electron chi connectivity index (χ3n) is 4.34. The number of rotatable bonds is 4. The van der Waals surface area contributed by atoms with Gasteiger partial charge < -0.3 is 15.5 Å². The van der Waals surface area contributed by atoms with E-state index in [2.05, 4.69) is 16.7 Å². The molecule has 1 fully saturated rings. The Hall–Kier alpha value is -1.59. The Morgan fingerprint density at radius 2 is 2.09 bits per heavy atom. The van der Waals surface area contributed by atoms with Gasteiger partial charge in [0.2, 0.25) is 11.8 Å². The van der Waals surface area contributed by atoms with Crippen LogP contribution in [-0.4, -0.2) is 42.9 Å².